The van der Waals surface area contributed by atoms with E-state index in [2.05, 4.69) is 438 Å². The van der Waals surface area contributed by atoms with Crippen LogP contribution in [-0.4, -0.2) is 0 Å². The zero-order valence-corrected chi connectivity index (χ0v) is 67.1. The summed E-state index contributed by atoms with van der Waals surface area (Å²) < 4.78 is 12.3. The van der Waals surface area contributed by atoms with Crippen molar-refractivity contribution in [3.05, 3.63) is 447 Å². The summed E-state index contributed by atoms with van der Waals surface area (Å²) in [6.07, 6.45) is 0. The molecular formula is C116H82N2O2. The van der Waals surface area contributed by atoms with Crippen LogP contribution in [0.2, 0.25) is 0 Å². The van der Waals surface area contributed by atoms with Gasteiger partial charge < -0.3 is 18.6 Å². The smallest absolute Gasteiger partial charge is 0.135 e. The van der Waals surface area contributed by atoms with E-state index < -0.39 is 0 Å². The highest BCUT2D eigenvalue weighted by Crippen LogP contribution is 2.55. The normalized spacial score (nSPS) is 12.8. The van der Waals surface area contributed by atoms with Crippen LogP contribution in [0.4, 0.5) is 34.1 Å². The van der Waals surface area contributed by atoms with Crippen LogP contribution in [0.25, 0.3) is 166 Å². The Hall–Kier alpha value is -15.1. The molecule has 2 aliphatic rings. The first-order chi connectivity index (χ1) is 58.9. The van der Waals surface area contributed by atoms with Gasteiger partial charge in [-0.05, 0) is 260 Å². The molecule has 2 aliphatic carbocycles. The summed E-state index contributed by atoms with van der Waals surface area (Å²) in [5, 5.41) is 9.54. The molecular weight excluding hydrogens is 1450 g/mol. The van der Waals surface area contributed by atoms with Crippen molar-refractivity contribution in [2.45, 2.75) is 38.5 Å². The molecule has 4 heteroatoms. The van der Waals surface area contributed by atoms with Crippen LogP contribution in [0.15, 0.2) is 433 Å². The largest absolute Gasteiger partial charge is 0.456 e. The van der Waals surface area contributed by atoms with Gasteiger partial charge in [0.25, 0.3) is 0 Å². The Balaban J connectivity index is 0.000000145. The third kappa shape index (κ3) is 12.5. The monoisotopic (exact) mass is 1530 g/mol. The summed E-state index contributed by atoms with van der Waals surface area (Å²) in [6, 6.07) is 154. The van der Waals surface area contributed by atoms with E-state index in [0.717, 1.165) is 78.0 Å². The van der Waals surface area contributed by atoms with Crippen molar-refractivity contribution >= 4 is 99.5 Å². The highest BCUT2D eigenvalue weighted by Gasteiger charge is 2.39. The van der Waals surface area contributed by atoms with Gasteiger partial charge in [-0.1, -0.05) is 331 Å². The van der Waals surface area contributed by atoms with E-state index in [1.807, 2.05) is 24.3 Å². The summed E-state index contributed by atoms with van der Waals surface area (Å²) in [5.74, 6) is 0. The number of hydrogen-bond acceptors (Lipinski definition) is 4. The Morgan fingerprint density at radius 3 is 0.983 bits per heavy atom. The maximum absolute atomic E-state index is 6.17. The summed E-state index contributed by atoms with van der Waals surface area (Å²) in [7, 11) is 0. The standard InChI is InChI=1S/C61H43NO.C55H39NO/c1-61(2)57-38-47(46-28-36-60-56(37-46)55-16-8-9-18-59(55)63-60)27-34-53(57)54-35-33-50(39-58(54)61)62(49-31-25-45(26-32-49)52-17-10-14-44-13-6-7-15-51(44)52)48-29-23-43(24-30-48)42-21-19-41(20-22-42)40-11-4-3-5-12-40;1-55(2)50-34-42(41-25-31-54-49(33-41)48-19-8-9-21-53(48)57-54)24-29-46(50)47-30-28-44(35-51(47)55)56(52-20-11-15-38-14-6-7-18-45(38)52)43-26-22-37(23-27-43)40-17-10-16-39(32-40)36-12-4-3-5-13-36/h3-39H,1-2H3;3-35H,1-2H3. The van der Waals surface area contributed by atoms with Crippen molar-refractivity contribution in [3.63, 3.8) is 0 Å². The first kappa shape index (κ1) is 71.4. The predicted molar refractivity (Wildman–Crippen MR) is 505 cm³/mol. The number of nitrogens with zero attached hydrogens (tertiary/aromatic N) is 2. The number of furan rings is 2. The fourth-order valence-electron chi connectivity index (χ4n) is 19.0. The molecule has 0 atom stereocenters. The van der Waals surface area contributed by atoms with E-state index in [-0.39, 0.29) is 10.8 Å². The molecule has 19 aromatic carbocycles. The molecule has 2 heterocycles. The van der Waals surface area contributed by atoms with Crippen LogP contribution in [-0.2, 0) is 10.8 Å². The lowest BCUT2D eigenvalue weighted by molar-refractivity contribution is 0.660. The van der Waals surface area contributed by atoms with E-state index in [1.165, 1.54) is 144 Å². The lowest BCUT2D eigenvalue weighted by Gasteiger charge is -2.29. The minimum absolute atomic E-state index is 0.207. The highest BCUT2D eigenvalue weighted by atomic mass is 16.3. The van der Waals surface area contributed by atoms with E-state index in [9.17, 15) is 0 Å². The molecule has 0 radical (unpaired) electrons. The average Bonchev–Trinajstić information content (AvgIpc) is 1.58. The van der Waals surface area contributed by atoms with Crippen LogP contribution in [0, 0.1) is 0 Å². The van der Waals surface area contributed by atoms with Crippen LogP contribution < -0.4 is 9.80 Å². The molecule has 2 aromatic heterocycles. The van der Waals surface area contributed by atoms with Crippen molar-refractivity contribution in [2.24, 2.45) is 0 Å². The van der Waals surface area contributed by atoms with Gasteiger partial charge in [-0.25, -0.2) is 0 Å². The number of fused-ring (bicyclic) bond motifs is 14. The first-order valence-electron chi connectivity index (χ1n) is 41.6. The fraction of sp³-hybridized carbons (Fsp3) is 0.0517. The zero-order chi connectivity index (χ0) is 80.2. The molecule has 23 rings (SSSR count). The molecule has 0 amide bonds. The maximum atomic E-state index is 6.17. The highest BCUT2D eigenvalue weighted by molar-refractivity contribution is 6.08. The van der Waals surface area contributed by atoms with Gasteiger partial charge in [-0.3, -0.25) is 0 Å². The molecule has 4 nitrogen and oxygen atoms in total. The van der Waals surface area contributed by atoms with Gasteiger partial charge in [-0.2, -0.15) is 0 Å². The van der Waals surface area contributed by atoms with E-state index in [1.54, 1.807) is 0 Å². The Bertz CT molecular complexity index is 7550. The fourth-order valence-corrected chi connectivity index (χ4v) is 19.0. The minimum atomic E-state index is -0.219. The molecule has 120 heavy (non-hydrogen) atoms. The first-order valence-corrected chi connectivity index (χ1v) is 41.6. The van der Waals surface area contributed by atoms with Crippen LogP contribution >= 0.6 is 0 Å². The van der Waals surface area contributed by atoms with Crippen molar-refractivity contribution in [2.75, 3.05) is 9.80 Å². The van der Waals surface area contributed by atoms with Crippen LogP contribution in [0.3, 0.4) is 0 Å². The Morgan fingerprint density at radius 1 is 0.175 bits per heavy atom. The van der Waals surface area contributed by atoms with E-state index >= 15 is 0 Å². The molecule has 21 aromatic rings. The third-order valence-electron chi connectivity index (χ3n) is 25.4. The molecule has 0 N–H and O–H groups in total. The quantitative estimate of drug-likeness (QED) is 0.115. The summed E-state index contributed by atoms with van der Waals surface area (Å²) >= 11 is 0. The SMILES string of the molecule is CC1(C)c2cc(-c3ccc4oc5ccccc5c4c3)ccc2-c2ccc(N(c3ccc(-c4ccc(-c5ccccc5)cc4)cc3)c3ccc(-c4cccc5ccccc45)cc3)cc21.CC1(C)c2cc(-c3ccc4oc5ccccc5c4c3)ccc2-c2ccc(N(c3ccc(-c4cccc(-c5ccccc5)c4)cc3)c3cccc4ccccc34)cc21. The molecule has 0 aliphatic heterocycles. The van der Waals surface area contributed by atoms with Crippen molar-refractivity contribution in [1.82, 2.24) is 0 Å². The molecule has 0 spiro atoms. The number of rotatable bonds is 13. The number of para-hydroxylation sites is 2. The van der Waals surface area contributed by atoms with Gasteiger partial charge in [0.05, 0.1) is 5.69 Å². The van der Waals surface area contributed by atoms with E-state index in [0.29, 0.717) is 0 Å². The van der Waals surface area contributed by atoms with Crippen molar-refractivity contribution in [3.8, 4) is 100 Å². The van der Waals surface area contributed by atoms with Gasteiger partial charge in [0.2, 0.25) is 0 Å². The van der Waals surface area contributed by atoms with Crippen molar-refractivity contribution in [1.29, 1.82) is 0 Å². The number of benzene rings is 19. The Labute approximate surface area is 699 Å². The summed E-state index contributed by atoms with van der Waals surface area (Å²) in [6.45, 7) is 9.50. The summed E-state index contributed by atoms with van der Waals surface area (Å²) in [5.41, 5.74) is 37.5. The molecule has 0 saturated heterocycles. The number of anilines is 6. The van der Waals surface area contributed by atoms with Crippen LogP contribution in [0.1, 0.15) is 49.9 Å². The molecule has 568 valence electrons. The number of hydrogen-bond donors (Lipinski definition) is 0. The lowest BCUT2D eigenvalue weighted by atomic mass is 9.81. The lowest BCUT2D eigenvalue weighted by Crippen LogP contribution is -2.16. The molecule has 0 saturated carbocycles. The third-order valence-corrected chi connectivity index (χ3v) is 25.4. The van der Waals surface area contributed by atoms with Gasteiger partial charge in [-0.15, -0.1) is 0 Å². The van der Waals surface area contributed by atoms with Gasteiger partial charge >= 0.3 is 0 Å². The van der Waals surface area contributed by atoms with Gasteiger partial charge in [0.1, 0.15) is 22.3 Å². The minimum Gasteiger partial charge on any atom is -0.456 e. The summed E-state index contributed by atoms with van der Waals surface area (Å²) in [4.78, 5) is 4.84. The van der Waals surface area contributed by atoms with E-state index in [4.69, 9.17) is 8.83 Å². The van der Waals surface area contributed by atoms with Gasteiger partial charge in [0, 0.05) is 66.2 Å². The molecule has 0 fully saturated rings. The Morgan fingerprint density at radius 2 is 0.475 bits per heavy atom. The van der Waals surface area contributed by atoms with Crippen LogP contribution in [0.5, 0.6) is 0 Å². The second-order valence-corrected chi connectivity index (χ2v) is 33.1. The predicted octanol–water partition coefficient (Wildman–Crippen LogP) is 32.7. The maximum Gasteiger partial charge on any atom is 0.135 e. The van der Waals surface area contributed by atoms with Gasteiger partial charge in [0.15, 0.2) is 0 Å². The Kier molecular flexibility index (Phi) is 17.2. The molecule has 0 bridgehead atoms. The second-order valence-electron chi connectivity index (χ2n) is 33.1. The average molecular weight is 1540 g/mol. The zero-order valence-electron chi connectivity index (χ0n) is 67.1. The topological polar surface area (TPSA) is 32.8 Å². The molecule has 0 unspecified atom stereocenters. The van der Waals surface area contributed by atoms with Crippen molar-refractivity contribution < 1.29 is 8.83 Å². The second kappa shape index (κ2) is 29.0.